The minimum Gasteiger partial charge on any atom is -0.481 e. The number of carbonyl (C=O) groups is 2. The first-order valence-corrected chi connectivity index (χ1v) is 12.1. The molecule has 9 heteroatoms. The number of amides is 1. The average molecular weight is 526 g/mol. The summed E-state index contributed by atoms with van der Waals surface area (Å²) in [6, 6.07) is 15.3. The van der Waals surface area contributed by atoms with E-state index in [2.05, 4.69) is 33.2 Å². The van der Waals surface area contributed by atoms with Crippen LogP contribution in [0.4, 0.5) is 0 Å². The second-order valence-electron chi connectivity index (χ2n) is 8.79. The lowest BCUT2D eigenvalue weighted by atomic mass is 9.72. The Kier molecular flexibility index (Phi) is 6.12. The number of halogens is 1. The van der Waals surface area contributed by atoms with Crippen molar-refractivity contribution in [1.82, 2.24) is 15.0 Å². The average Bonchev–Trinajstić information content (AvgIpc) is 3.59. The summed E-state index contributed by atoms with van der Waals surface area (Å²) in [5.41, 5.74) is 1.11. The van der Waals surface area contributed by atoms with Gasteiger partial charge < -0.3 is 19.3 Å². The Labute approximate surface area is 205 Å². The zero-order valence-electron chi connectivity index (χ0n) is 18.4. The molecule has 2 fully saturated rings. The predicted molar refractivity (Wildman–Crippen MR) is 126 cm³/mol. The van der Waals surface area contributed by atoms with Crippen LogP contribution >= 0.6 is 15.9 Å². The molecule has 0 bridgehead atoms. The van der Waals surface area contributed by atoms with E-state index in [1.165, 1.54) is 0 Å². The summed E-state index contributed by atoms with van der Waals surface area (Å²) in [6.07, 6.45) is 3.36. The lowest BCUT2D eigenvalue weighted by molar-refractivity contribution is -0.139. The molecule has 1 saturated carbocycles. The number of benzene rings is 2. The van der Waals surface area contributed by atoms with Gasteiger partial charge in [-0.05, 0) is 49.4 Å². The van der Waals surface area contributed by atoms with Crippen molar-refractivity contribution in [2.75, 3.05) is 19.7 Å². The third kappa shape index (κ3) is 4.44. The van der Waals surface area contributed by atoms with Crippen molar-refractivity contribution in [1.29, 1.82) is 0 Å². The van der Waals surface area contributed by atoms with Gasteiger partial charge in [0.2, 0.25) is 5.91 Å². The number of hydrogen-bond acceptors (Lipinski definition) is 6. The number of carboxylic acid groups (broad SMARTS) is 1. The van der Waals surface area contributed by atoms with Gasteiger partial charge in [-0.3, -0.25) is 4.79 Å². The van der Waals surface area contributed by atoms with Crippen LogP contribution in [0.3, 0.4) is 0 Å². The van der Waals surface area contributed by atoms with Gasteiger partial charge in [-0.2, -0.15) is 4.98 Å². The van der Waals surface area contributed by atoms with Gasteiger partial charge in [0.25, 0.3) is 5.89 Å². The van der Waals surface area contributed by atoms with Crippen molar-refractivity contribution in [3.8, 4) is 17.2 Å². The highest BCUT2D eigenvalue weighted by Gasteiger charge is 2.44. The van der Waals surface area contributed by atoms with Crippen molar-refractivity contribution in [3.05, 3.63) is 64.4 Å². The summed E-state index contributed by atoms with van der Waals surface area (Å²) < 4.78 is 11.9. The van der Waals surface area contributed by atoms with Gasteiger partial charge in [0.1, 0.15) is 5.75 Å². The Morgan fingerprint density at radius 1 is 1.15 bits per heavy atom. The Bertz CT molecular complexity index is 1200. The molecule has 2 heterocycles. The summed E-state index contributed by atoms with van der Waals surface area (Å²) in [5.74, 6) is 0.529. The van der Waals surface area contributed by atoms with Crippen molar-refractivity contribution >= 4 is 27.8 Å². The minimum absolute atomic E-state index is 0.196. The van der Waals surface area contributed by atoms with Crippen molar-refractivity contribution in [2.45, 2.75) is 31.1 Å². The zero-order valence-corrected chi connectivity index (χ0v) is 20.0. The summed E-state index contributed by atoms with van der Waals surface area (Å²) in [4.78, 5) is 30.4. The van der Waals surface area contributed by atoms with Crippen LogP contribution in [0, 0.1) is 5.92 Å². The molecule has 0 atom stereocenters. The molecular formula is C25H24BrN3O5. The Morgan fingerprint density at radius 3 is 2.56 bits per heavy atom. The van der Waals surface area contributed by atoms with Gasteiger partial charge in [-0.1, -0.05) is 51.4 Å². The second kappa shape index (κ2) is 9.21. The maximum Gasteiger partial charge on any atom is 0.341 e. The van der Waals surface area contributed by atoms with Crippen LogP contribution in [0.25, 0.3) is 11.5 Å². The number of carboxylic acids is 1. The van der Waals surface area contributed by atoms with E-state index in [1.54, 1.807) is 18.2 Å². The maximum absolute atomic E-state index is 12.6. The summed E-state index contributed by atoms with van der Waals surface area (Å²) >= 11 is 3.44. The van der Waals surface area contributed by atoms with Gasteiger partial charge >= 0.3 is 5.97 Å². The lowest BCUT2D eigenvalue weighted by Crippen LogP contribution is -2.46. The van der Waals surface area contributed by atoms with Crippen LogP contribution in [0.2, 0.25) is 0 Å². The molecule has 1 aromatic heterocycles. The quantitative estimate of drug-likeness (QED) is 0.490. The SMILES string of the molecule is O=C(O)COc1ccc(Br)cc1-c1nc(C2(c3ccccc3)CCN(C(=O)C3CC3)CC2)no1. The number of nitrogens with zero attached hydrogens (tertiary/aromatic N) is 3. The van der Waals surface area contributed by atoms with E-state index in [4.69, 9.17) is 19.4 Å². The number of carbonyl (C=O) groups excluding carboxylic acids is 1. The normalized spacial score (nSPS) is 17.4. The Morgan fingerprint density at radius 2 is 1.88 bits per heavy atom. The highest BCUT2D eigenvalue weighted by atomic mass is 79.9. The number of hydrogen-bond donors (Lipinski definition) is 1. The second-order valence-corrected chi connectivity index (χ2v) is 9.71. The lowest BCUT2D eigenvalue weighted by Gasteiger charge is -2.40. The monoisotopic (exact) mass is 525 g/mol. The molecule has 1 N–H and O–H groups in total. The van der Waals surface area contributed by atoms with E-state index in [-0.39, 0.29) is 17.7 Å². The number of ether oxygens (including phenoxy) is 1. The Hall–Kier alpha value is -3.20. The largest absolute Gasteiger partial charge is 0.481 e. The molecule has 176 valence electrons. The van der Waals surface area contributed by atoms with Crippen LogP contribution in [0.15, 0.2) is 57.5 Å². The maximum atomic E-state index is 12.6. The Balaban J connectivity index is 1.48. The van der Waals surface area contributed by atoms with Crippen LogP contribution in [0.1, 0.15) is 37.1 Å². The van der Waals surface area contributed by atoms with E-state index < -0.39 is 18.0 Å². The van der Waals surface area contributed by atoms with Gasteiger partial charge in [0.15, 0.2) is 12.4 Å². The summed E-state index contributed by atoms with van der Waals surface area (Å²) in [5, 5.41) is 13.4. The minimum atomic E-state index is -1.07. The first-order chi connectivity index (χ1) is 16.5. The fourth-order valence-corrected chi connectivity index (χ4v) is 4.92. The first kappa shape index (κ1) is 22.6. The van der Waals surface area contributed by atoms with Crippen LogP contribution in [0.5, 0.6) is 5.75 Å². The molecule has 1 amide bonds. The molecule has 3 aromatic rings. The third-order valence-corrected chi connectivity index (χ3v) is 7.05. The topological polar surface area (TPSA) is 106 Å². The van der Waals surface area contributed by atoms with Gasteiger partial charge in [0, 0.05) is 23.5 Å². The molecular weight excluding hydrogens is 502 g/mol. The highest BCUT2D eigenvalue weighted by Crippen LogP contribution is 2.43. The smallest absolute Gasteiger partial charge is 0.341 e. The van der Waals surface area contributed by atoms with Crippen LogP contribution in [-0.2, 0) is 15.0 Å². The zero-order chi connectivity index (χ0) is 23.7. The molecule has 0 spiro atoms. The molecule has 2 aliphatic rings. The fourth-order valence-electron chi connectivity index (χ4n) is 4.56. The van der Waals surface area contributed by atoms with Gasteiger partial charge in [0.05, 0.1) is 11.0 Å². The molecule has 0 unspecified atom stereocenters. The third-order valence-electron chi connectivity index (χ3n) is 6.56. The molecule has 34 heavy (non-hydrogen) atoms. The molecule has 0 radical (unpaired) electrons. The van der Waals surface area contributed by atoms with Gasteiger partial charge in [-0.25, -0.2) is 4.79 Å². The van der Waals surface area contributed by atoms with Crippen LogP contribution < -0.4 is 4.74 Å². The number of piperidine rings is 1. The van der Waals surface area contributed by atoms with E-state index in [1.807, 2.05) is 23.1 Å². The molecule has 1 saturated heterocycles. The van der Waals surface area contributed by atoms with E-state index in [0.717, 1.165) is 22.9 Å². The standard InChI is InChI=1S/C25H24BrN3O5/c26-18-8-9-20(33-15-21(30)31)19(14-18)22-27-24(28-34-22)25(17-4-2-1-3-5-17)10-12-29(13-11-25)23(32)16-6-7-16/h1-5,8-9,14,16H,6-7,10-13,15H2,(H,30,31). The number of likely N-dealkylation sites (tertiary alicyclic amines) is 1. The summed E-state index contributed by atoms with van der Waals surface area (Å²) in [7, 11) is 0. The molecule has 2 aromatic carbocycles. The van der Waals surface area contributed by atoms with Crippen molar-refractivity contribution in [3.63, 3.8) is 0 Å². The predicted octanol–water partition coefficient (Wildman–Crippen LogP) is 4.28. The van der Waals surface area contributed by atoms with E-state index in [9.17, 15) is 9.59 Å². The molecule has 8 nitrogen and oxygen atoms in total. The first-order valence-electron chi connectivity index (χ1n) is 11.3. The van der Waals surface area contributed by atoms with Crippen molar-refractivity contribution in [2.24, 2.45) is 5.92 Å². The van der Waals surface area contributed by atoms with E-state index in [0.29, 0.717) is 43.1 Å². The summed E-state index contributed by atoms with van der Waals surface area (Å²) in [6.45, 7) is 0.796. The molecule has 1 aliphatic heterocycles. The van der Waals surface area contributed by atoms with E-state index >= 15 is 0 Å². The molecule has 1 aliphatic carbocycles. The van der Waals surface area contributed by atoms with Gasteiger partial charge in [-0.15, -0.1) is 0 Å². The van der Waals surface area contributed by atoms with Crippen LogP contribution in [-0.4, -0.2) is 51.7 Å². The highest BCUT2D eigenvalue weighted by molar-refractivity contribution is 9.10. The number of aliphatic carboxylic acids is 1. The number of aromatic nitrogens is 2. The fraction of sp³-hybridized carbons (Fsp3) is 0.360. The van der Waals surface area contributed by atoms with Crippen molar-refractivity contribution < 1.29 is 24.0 Å². The molecule has 5 rings (SSSR count). The number of rotatable bonds is 7.